The van der Waals surface area contributed by atoms with Crippen LogP contribution in [0.1, 0.15) is 48.9 Å². The van der Waals surface area contributed by atoms with Crippen molar-refractivity contribution in [1.82, 2.24) is 15.0 Å². The molecule has 0 aliphatic heterocycles. The summed E-state index contributed by atoms with van der Waals surface area (Å²) in [5, 5.41) is 15.4. The van der Waals surface area contributed by atoms with E-state index in [4.69, 9.17) is 5.11 Å². The smallest absolute Gasteiger partial charge is 0.410 e. The van der Waals surface area contributed by atoms with Gasteiger partial charge in [-0.2, -0.15) is 13.2 Å². The Hall–Kier alpha value is -1.60. The monoisotopic (exact) mass is 251 g/mol. The van der Waals surface area contributed by atoms with E-state index in [0.717, 1.165) is 6.92 Å². The number of carboxylic acids is 1. The maximum Gasteiger partial charge on any atom is 0.410 e. The van der Waals surface area contributed by atoms with Crippen molar-refractivity contribution < 1.29 is 23.1 Å². The van der Waals surface area contributed by atoms with Crippen LogP contribution in [-0.2, 0) is 0 Å². The van der Waals surface area contributed by atoms with E-state index in [2.05, 4.69) is 10.3 Å². The van der Waals surface area contributed by atoms with Gasteiger partial charge in [-0.25, -0.2) is 9.48 Å². The first-order valence-electron chi connectivity index (χ1n) is 4.91. The molecule has 1 heterocycles. The van der Waals surface area contributed by atoms with Crippen LogP contribution in [0.3, 0.4) is 0 Å². The minimum absolute atomic E-state index is 0.0256. The first-order valence-corrected chi connectivity index (χ1v) is 4.91. The van der Waals surface area contributed by atoms with Crippen LogP contribution in [0, 0.1) is 0 Å². The second-order valence-corrected chi connectivity index (χ2v) is 3.95. The zero-order valence-corrected chi connectivity index (χ0v) is 9.49. The molecule has 0 radical (unpaired) electrons. The van der Waals surface area contributed by atoms with Crippen molar-refractivity contribution in [3.8, 4) is 0 Å². The lowest BCUT2D eigenvalue weighted by Gasteiger charge is -2.19. The number of aromatic carboxylic acids is 1. The summed E-state index contributed by atoms with van der Waals surface area (Å²) in [6.07, 6.45) is -4.49. The molecule has 17 heavy (non-hydrogen) atoms. The minimum atomic E-state index is -4.49. The highest BCUT2D eigenvalue weighted by molar-refractivity contribution is 5.86. The molecular weight excluding hydrogens is 239 g/mol. The van der Waals surface area contributed by atoms with Crippen LogP contribution in [0.5, 0.6) is 0 Å². The van der Waals surface area contributed by atoms with Gasteiger partial charge >= 0.3 is 12.1 Å². The molecule has 0 saturated carbocycles. The van der Waals surface area contributed by atoms with Gasteiger partial charge in [-0.1, -0.05) is 19.1 Å². The van der Waals surface area contributed by atoms with Gasteiger partial charge in [0.05, 0.1) is 5.69 Å². The van der Waals surface area contributed by atoms with Gasteiger partial charge in [-0.05, 0) is 12.8 Å². The molecule has 0 aromatic carbocycles. The van der Waals surface area contributed by atoms with Gasteiger partial charge in [0.1, 0.15) is 6.04 Å². The molecule has 0 spiro atoms. The van der Waals surface area contributed by atoms with Crippen molar-refractivity contribution >= 4 is 5.97 Å². The van der Waals surface area contributed by atoms with E-state index in [1.54, 1.807) is 13.8 Å². The lowest BCUT2D eigenvalue weighted by Crippen LogP contribution is -2.27. The van der Waals surface area contributed by atoms with E-state index in [9.17, 15) is 18.0 Å². The van der Waals surface area contributed by atoms with Crippen molar-refractivity contribution in [2.45, 2.75) is 38.9 Å². The van der Waals surface area contributed by atoms with Crippen molar-refractivity contribution in [2.75, 3.05) is 0 Å². The van der Waals surface area contributed by atoms with Gasteiger partial charge in [0, 0.05) is 0 Å². The fraction of sp³-hybridized carbons (Fsp3) is 0.667. The van der Waals surface area contributed by atoms with E-state index in [1.165, 1.54) is 0 Å². The fourth-order valence-corrected chi connectivity index (χ4v) is 1.42. The highest BCUT2D eigenvalue weighted by Gasteiger charge is 2.40. The van der Waals surface area contributed by atoms with Crippen LogP contribution in [0.4, 0.5) is 13.2 Å². The summed E-state index contributed by atoms with van der Waals surface area (Å²) in [6.45, 7) is 4.08. The molecule has 1 aromatic rings. The number of carbonyl (C=O) groups is 1. The first kappa shape index (κ1) is 13.5. The molecule has 0 aliphatic carbocycles. The Bertz CT molecular complexity index is 426. The molecule has 0 saturated heterocycles. The Morgan fingerprint density at radius 2 is 1.88 bits per heavy atom. The van der Waals surface area contributed by atoms with E-state index >= 15 is 0 Å². The molecule has 1 N–H and O–H groups in total. The van der Waals surface area contributed by atoms with Gasteiger partial charge in [-0.3, -0.25) is 0 Å². The van der Waals surface area contributed by atoms with Crippen molar-refractivity contribution in [1.29, 1.82) is 0 Å². The number of carboxylic acid groups (broad SMARTS) is 1. The maximum absolute atomic E-state index is 12.6. The average Bonchev–Trinajstić information content (AvgIpc) is 2.58. The third-order valence-corrected chi connectivity index (χ3v) is 2.32. The van der Waals surface area contributed by atoms with Crippen LogP contribution >= 0.6 is 0 Å². The lowest BCUT2D eigenvalue weighted by atomic mass is 10.1. The lowest BCUT2D eigenvalue weighted by molar-refractivity contribution is -0.166. The second-order valence-electron chi connectivity index (χ2n) is 3.95. The molecular formula is C9H12F3N3O2. The number of hydrogen-bond acceptors (Lipinski definition) is 3. The Balaban J connectivity index is 3.31. The molecule has 0 fully saturated rings. The fourth-order valence-electron chi connectivity index (χ4n) is 1.42. The highest BCUT2D eigenvalue weighted by Crippen LogP contribution is 2.32. The van der Waals surface area contributed by atoms with Crippen LogP contribution in [0.25, 0.3) is 0 Å². The third kappa shape index (κ3) is 2.56. The van der Waals surface area contributed by atoms with Crippen LogP contribution < -0.4 is 0 Å². The van der Waals surface area contributed by atoms with Crippen LogP contribution in [0.2, 0.25) is 0 Å². The normalized spacial score (nSPS) is 14.1. The Morgan fingerprint density at radius 1 is 1.35 bits per heavy atom. The summed E-state index contributed by atoms with van der Waals surface area (Å²) in [5.41, 5.74) is -0.460. The van der Waals surface area contributed by atoms with E-state index < -0.39 is 29.8 Å². The number of rotatable bonds is 3. The molecule has 1 rings (SSSR count). The summed E-state index contributed by atoms with van der Waals surface area (Å²) in [7, 11) is 0. The van der Waals surface area contributed by atoms with Crippen LogP contribution in [0.15, 0.2) is 0 Å². The van der Waals surface area contributed by atoms with E-state index in [0.29, 0.717) is 4.68 Å². The molecule has 0 amide bonds. The quantitative estimate of drug-likeness (QED) is 0.894. The molecule has 1 aromatic heterocycles. The summed E-state index contributed by atoms with van der Waals surface area (Å²) in [6, 6.07) is -1.90. The van der Waals surface area contributed by atoms with Gasteiger partial charge in [0.25, 0.3) is 0 Å². The van der Waals surface area contributed by atoms with Crippen molar-refractivity contribution in [3.05, 3.63) is 11.4 Å². The molecule has 0 aliphatic rings. The molecule has 0 bridgehead atoms. The Kier molecular flexibility index (Phi) is 3.44. The van der Waals surface area contributed by atoms with Gasteiger partial charge in [0.2, 0.25) is 0 Å². The van der Waals surface area contributed by atoms with E-state index in [1.807, 2.05) is 0 Å². The Labute approximate surface area is 95.2 Å². The topological polar surface area (TPSA) is 68.0 Å². The van der Waals surface area contributed by atoms with E-state index in [-0.39, 0.29) is 5.69 Å². The summed E-state index contributed by atoms with van der Waals surface area (Å²) >= 11 is 0. The standard InChI is InChI=1S/C9H12F3N3O2/c1-4(2)7-6(8(16)17)13-14-15(7)5(3)9(10,11)12/h4-5H,1-3H3,(H,16,17). The molecule has 1 atom stereocenters. The summed E-state index contributed by atoms with van der Waals surface area (Å²) < 4.78 is 38.3. The average molecular weight is 251 g/mol. The maximum atomic E-state index is 12.6. The number of alkyl halides is 3. The predicted octanol–water partition coefficient (Wildman–Crippen LogP) is 2.22. The largest absolute Gasteiger partial charge is 0.476 e. The third-order valence-electron chi connectivity index (χ3n) is 2.32. The van der Waals surface area contributed by atoms with Gasteiger partial charge in [0.15, 0.2) is 5.69 Å². The number of aromatic nitrogens is 3. The molecule has 8 heteroatoms. The number of nitrogens with zero attached hydrogens (tertiary/aromatic N) is 3. The molecule has 96 valence electrons. The Morgan fingerprint density at radius 3 is 2.24 bits per heavy atom. The molecule has 5 nitrogen and oxygen atoms in total. The first-order chi connectivity index (χ1) is 7.66. The second kappa shape index (κ2) is 4.34. The summed E-state index contributed by atoms with van der Waals surface area (Å²) in [5.74, 6) is -1.80. The molecule has 1 unspecified atom stereocenters. The predicted molar refractivity (Wildman–Crippen MR) is 51.8 cm³/mol. The zero-order valence-electron chi connectivity index (χ0n) is 9.49. The van der Waals surface area contributed by atoms with Gasteiger partial charge < -0.3 is 5.11 Å². The van der Waals surface area contributed by atoms with Crippen LogP contribution in [-0.4, -0.2) is 32.2 Å². The van der Waals surface area contributed by atoms with Gasteiger partial charge in [-0.15, -0.1) is 5.10 Å². The summed E-state index contributed by atoms with van der Waals surface area (Å²) in [4.78, 5) is 10.8. The number of hydrogen-bond donors (Lipinski definition) is 1. The van der Waals surface area contributed by atoms with Crippen molar-refractivity contribution in [3.63, 3.8) is 0 Å². The number of halogens is 3. The highest BCUT2D eigenvalue weighted by atomic mass is 19.4. The minimum Gasteiger partial charge on any atom is -0.476 e. The SMILES string of the molecule is CC(C)c1c(C(=O)O)nnn1C(C)C(F)(F)F. The van der Waals surface area contributed by atoms with Crippen molar-refractivity contribution in [2.24, 2.45) is 0 Å². The zero-order chi connectivity index (χ0) is 13.4.